The highest BCUT2D eigenvalue weighted by atomic mass is 32.1. The third kappa shape index (κ3) is 5.17. The molecule has 4 aromatic rings. The van der Waals surface area contributed by atoms with Crippen molar-refractivity contribution in [3.05, 3.63) is 65.0 Å². The monoisotopic (exact) mass is 467 g/mol. The number of aryl methyl sites for hydroxylation is 1. The van der Waals surface area contributed by atoms with Gasteiger partial charge in [-0.3, -0.25) is 0 Å². The van der Waals surface area contributed by atoms with E-state index in [2.05, 4.69) is 21.9 Å². The number of benzene rings is 2. The molecule has 0 aliphatic carbocycles. The number of halogens is 2. The van der Waals surface area contributed by atoms with Crippen LogP contribution in [0, 0.1) is 11.6 Å². The molecular formula is C25H23F2N3O2S. The minimum absolute atomic E-state index is 0.0287. The first kappa shape index (κ1) is 22.8. The average Bonchev–Trinajstić information content (AvgIpc) is 3.28. The summed E-state index contributed by atoms with van der Waals surface area (Å²) in [6, 6.07) is 8.99. The van der Waals surface area contributed by atoms with Crippen molar-refractivity contribution in [3.8, 4) is 45.0 Å². The lowest BCUT2D eigenvalue weighted by molar-refractivity contribution is 0.474. The fourth-order valence-corrected chi connectivity index (χ4v) is 4.45. The summed E-state index contributed by atoms with van der Waals surface area (Å²) in [5.41, 5.74) is 1.24. The number of rotatable bonds is 8. The van der Waals surface area contributed by atoms with E-state index < -0.39 is 11.6 Å². The Morgan fingerprint density at radius 2 is 1.33 bits per heavy atom. The van der Waals surface area contributed by atoms with Gasteiger partial charge in [0.15, 0.2) is 17.5 Å². The molecule has 0 unspecified atom stereocenters. The molecule has 2 N–H and O–H groups in total. The van der Waals surface area contributed by atoms with Crippen molar-refractivity contribution in [2.24, 2.45) is 0 Å². The Morgan fingerprint density at radius 3 is 1.91 bits per heavy atom. The number of phenolic OH excluding ortho intramolecular Hbond substituents is 2. The van der Waals surface area contributed by atoms with E-state index in [1.807, 2.05) is 11.4 Å². The highest BCUT2D eigenvalue weighted by Crippen LogP contribution is 2.35. The Hall–Kier alpha value is -3.39. The summed E-state index contributed by atoms with van der Waals surface area (Å²) in [7, 11) is 0. The van der Waals surface area contributed by atoms with Crippen molar-refractivity contribution < 1.29 is 19.0 Å². The van der Waals surface area contributed by atoms with Crippen LogP contribution >= 0.6 is 11.3 Å². The van der Waals surface area contributed by atoms with Gasteiger partial charge in [-0.25, -0.2) is 23.7 Å². The van der Waals surface area contributed by atoms with E-state index >= 15 is 0 Å². The zero-order valence-corrected chi connectivity index (χ0v) is 18.9. The van der Waals surface area contributed by atoms with Crippen LogP contribution in [0.3, 0.4) is 0 Å². The van der Waals surface area contributed by atoms with Crippen molar-refractivity contribution in [2.45, 2.75) is 39.0 Å². The van der Waals surface area contributed by atoms with E-state index in [0.717, 1.165) is 66.8 Å². The van der Waals surface area contributed by atoms with E-state index in [0.29, 0.717) is 5.82 Å². The maximum absolute atomic E-state index is 13.9. The Labute approximate surface area is 194 Å². The molecule has 0 aliphatic heterocycles. The van der Waals surface area contributed by atoms with Gasteiger partial charge in [-0.05, 0) is 66.2 Å². The van der Waals surface area contributed by atoms with E-state index in [1.54, 1.807) is 0 Å². The Kier molecular flexibility index (Phi) is 6.93. The highest BCUT2D eigenvalue weighted by Gasteiger charge is 2.19. The molecule has 0 saturated carbocycles. The molecule has 2 heterocycles. The largest absolute Gasteiger partial charge is 0.507 e. The van der Waals surface area contributed by atoms with Gasteiger partial charge >= 0.3 is 0 Å². The quantitative estimate of drug-likeness (QED) is 0.280. The van der Waals surface area contributed by atoms with Crippen molar-refractivity contribution in [1.82, 2.24) is 15.0 Å². The molecule has 0 bridgehead atoms. The standard InChI is InChI=1S/C25H23F2N3O2S/c1-2-3-4-5-6-15-11-12-33-22(15)25-29-23(18-13-16(26)7-9-20(18)31)28-24(30-25)19-14-17(27)8-10-21(19)32/h7-14,31-32H,2-6H2,1H3. The first-order valence-electron chi connectivity index (χ1n) is 10.8. The van der Waals surface area contributed by atoms with Gasteiger partial charge in [0.05, 0.1) is 16.0 Å². The second-order valence-corrected chi connectivity index (χ2v) is 8.63. The third-order valence-corrected chi connectivity index (χ3v) is 6.24. The fraction of sp³-hybridized carbons (Fsp3) is 0.240. The molecule has 33 heavy (non-hydrogen) atoms. The van der Waals surface area contributed by atoms with Gasteiger partial charge in [0, 0.05) is 0 Å². The second kappa shape index (κ2) is 10.0. The molecule has 0 amide bonds. The molecule has 8 heteroatoms. The van der Waals surface area contributed by atoms with Gasteiger partial charge in [0.1, 0.15) is 23.1 Å². The summed E-state index contributed by atoms with van der Waals surface area (Å²) < 4.78 is 27.9. The smallest absolute Gasteiger partial charge is 0.174 e. The lowest BCUT2D eigenvalue weighted by Gasteiger charge is -2.11. The number of unbranched alkanes of at least 4 members (excludes halogenated alkanes) is 3. The van der Waals surface area contributed by atoms with Crippen molar-refractivity contribution in [3.63, 3.8) is 0 Å². The van der Waals surface area contributed by atoms with Gasteiger partial charge in [-0.2, -0.15) is 0 Å². The van der Waals surface area contributed by atoms with Gasteiger partial charge in [-0.1, -0.05) is 26.2 Å². The van der Waals surface area contributed by atoms with Gasteiger partial charge in [-0.15, -0.1) is 11.3 Å². The van der Waals surface area contributed by atoms with Crippen LogP contribution in [0.2, 0.25) is 0 Å². The summed E-state index contributed by atoms with van der Waals surface area (Å²) in [4.78, 5) is 14.2. The summed E-state index contributed by atoms with van der Waals surface area (Å²) in [5.74, 6) is -1.15. The molecule has 2 aromatic carbocycles. The number of aromatic hydroxyl groups is 2. The van der Waals surface area contributed by atoms with Crippen LogP contribution in [0.4, 0.5) is 8.78 Å². The molecule has 0 spiro atoms. The Balaban J connectivity index is 1.85. The normalized spacial score (nSPS) is 11.1. The average molecular weight is 468 g/mol. The number of nitrogens with zero attached hydrogens (tertiary/aromatic N) is 3. The predicted octanol–water partition coefficient (Wildman–Crippen LogP) is 6.75. The Bertz CT molecular complexity index is 1210. The SMILES string of the molecule is CCCCCCc1ccsc1-c1nc(-c2cc(F)ccc2O)nc(-c2cc(F)ccc2O)n1. The van der Waals surface area contributed by atoms with Crippen LogP contribution in [0.15, 0.2) is 47.8 Å². The van der Waals surface area contributed by atoms with Gasteiger partial charge in [0.2, 0.25) is 0 Å². The molecule has 0 saturated heterocycles. The number of hydrogen-bond acceptors (Lipinski definition) is 6. The minimum Gasteiger partial charge on any atom is -0.507 e. The molecule has 170 valence electrons. The van der Waals surface area contributed by atoms with Crippen LogP contribution < -0.4 is 0 Å². The topological polar surface area (TPSA) is 79.1 Å². The maximum atomic E-state index is 13.9. The zero-order valence-electron chi connectivity index (χ0n) is 18.1. The third-order valence-electron chi connectivity index (χ3n) is 5.28. The number of aromatic nitrogens is 3. The number of phenols is 2. The highest BCUT2D eigenvalue weighted by molar-refractivity contribution is 7.13. The fourth-order valence-electron chi connectivity index (χ4n) is 3.56. The van der Waals surface area contributed by atoms with E-state index in [1.165, 1.54) is 23.5 Å². The van der Waals surface area contributed by atoms with Crippen LogP contribution in [-0.2, 0) is 6.42 Å². The van der Waals surface area contributed by atoms with Crippen LogP contribution in [0.25, 0.3) is 33.5 Å². The van der Waals surface area contributed by atoms with E-state index in [-0.39, 0.29) is 34.3 Å². The first-order valence-corrected chi connectivity index (χ1v) is 11.6. The molecule has 2 aromatic heterocycles. The Morgan fingerprint density at radius 1 is 0.758 bits per heavy atom. The van der Waals surface area contributed by atoms with E-state index in [9.17, 15) is 19.0 Å². The summed E-state index contributed by atoms with van der Waals surface area (Å²) in [5, 5.41) is 22.6. The van der Waals surface area contributed by atoms with Crippen molar-refractivity contribution >= 4 is 11.3 Å². The predicted molar refractivity (Wildman–Crippen MR) is 125 cm³/mol. The molecule has 0 atom stereocenters. The molecule has 0 fully saturated rings. The summed E-state index contributed by atoms with van der Waals surface area (Å²) >= 11 is 1.46. The lowest BCUT2D eigenvalue weighted by Crippen LogP contribution is -2.01. The molecule has 0 aliphatic rings. The van der Waals surface area contributed by atoms with E-state index in [4.69, 9.17) is 0 Å². The summed E-state index contributed by atoms with van der Waals surface area (Å²) in [6.07, 6.45) is 5.30. The molecular weight excluding hydrogens is 444 g/mol. The maximum Gasteiger partial charge on any atom is 0.174 e. The molecule has 5 nitrogen and oxygen atoms in total. The molecule has 4 rings (SSSR count). The van der Waals surface area contributed by atoms with Crippen LogP contribution in [0.5, 0.6) is 11.5 Å². The van der Waals surface area contributed by atoms with Gasteiger partial charge < -0.3 is 10.2 Å². The van der Waals surface area contributed by atoms with Crippen LogP contribution in [-0.4, -0.2) is 25.2 Å². The zero-order chi connectivity index (χ0) is 23.4. The van der Waals surface area contributed by atoms with Crippen LogP contribution in [0.1, 0.15) is 38.2 Å². The van der Waals surface area contributed by atoms with Crippen molar-refractivity contribution in [2.75, 3.05) is 0 Å². The minimum atomic E-state index is -0.562. The van der Waals surface area contributed by atoms with Crippen molar-refractivity contribution in [1.29, 1.82) is 0 Å². The molecule has 0 radical (unpaired) electrons. The summed E-state index contributed by atoms with van der Waals surface area (Å²) in [6.45, 7) is 2.16. The second-order valence-electron chi connectivity index (χ2n) is 7.71. The lowest BCUT2D eigenvalue weighted by atomic mass is 10.1. The first-order chi connectivity index (χ1) is 16.0. The van der Waals surface area contributed by atoms with Gasteiger partial charge in [0.25, 0.3) is 0 Å². The number of hydrogen-bond donors (Lipinski definition) is 2. The number of thiophene rings is 1.